The molecule has 1 aromatic heterocycles. The van der Waals surface area contributed by atoms with E-state index in [1.165, 1.54) is 16.2 Å². The summed E-state index contributed by atoms with van der Waals surface area (Å²) < 4.78 is 0. The summed E-state index contributed by atoms with van der Waals surface area (Å²) in [6.45, 7) is 3.97. The van der Waals surface area contributed by atoms with Gasteiger partial charge in [-0.15, -0.1) is 11.3 Å². The maximum Gasteiger partial charge on any atom is 0.269 e. The molecule has 6 nitrogen and oxygen atoms in total. The Morgan fingerprint density at radius 2 is 1.87 bits per heavy atom. The zero-order valence-corrected chi connectivity index (χ0v) is 17.5. The normalized spacial score (nSPS) is 15.3. The molecule has 0 fully saturated rings. The third-order valence-corrected chi connectivity index (χ3v) is 6.01. The van der Waals surface area contributed by atoms with Gasteiger partial charge in [-0.1, -0.05) is 24.3 Å². The topological polar surface area (TPSA) is 78.5 Å². The fourth-order valence-corrected chi connectivity index (χ4v) is 4.11. The summed E-state index contributed by atoms with van der Waals surface area (Å²) in [4.78, 5) is 40.8. The number of thiophene rings is 1. The van der Waals surface area contributed by atoms with Crippen molar-refractivity contribution in [2.45, 2.75) is 26.3 Å². The summed E-state index contributed by atoms with van der Waals surface area (Å²) in [6, 6.07) is 15.3. The van der Waals surface area contributed by atoms with E-state index in [0.717, 1.165) is 11.1 Å². The SMILES string of the molecule is Cc1ccc(NC(=O)CC2C(=O)Nc3ccccc3N2C(=O)c2cccs2)cc1C. The molecule has 1 aliphatic rings. The third-order valence-electron chi connectivity index (χ3n) is 5.16. The van der Waals surface area contributed by atoms with Crippen LogP contribution in [0.25, 0.3) is 0 Å². The maximum atomic E-state index is 13.2. The number of hydrogen-bond donors (Lipinski definition) is 2. The Hall–Kier alpha value is -3.45. The molecule has 0 saturated heterocycles. The van der Waals surface area contributed by atoms with Gasteiger partial charge in [0.15, 0.2) is 0 Å². The van der Waals surface area contributed by atoms with E-state index in [2.05, 4.69) is 10.6 Å². The van der Waals surface area contributed by atoms with E-state index >= 15 is 0 Å². The molecular formula is C23H21N3O3S. The average molecular weight is 420 g/mol. The lowest BCUT2D eigenvalue weighted by atomic mass is 10.0. The number of amides is 3. The van der Waals surface area contributed by atoms with Crippen LogP contribution in [0.3, 0.4) is 0 Å². The van der Waals surface area contributed by atoms with Gasteiger partial charge in [-0.3, -0.25) is 19.3 Å². The van der Waals surface area contributed by atoms with E-state index in [1.807, 2.05) is 37.4 Å². The number of para-hydroxylation sites is 2. The van der Waals surface area contributed by atoms with Crippen LogP contribution in [0.2, 0.25) is 0 Å². The zero-order valence-electron chi connectivity index (χ0n) is 16.6. The van der Waals surface area contributed by atoms with E-state index in [-0.39, 0.29) is 24.1 Å². The maximum absolute atomic E-state index is 13.2. The molecule has 0 bridgehead atoms. The monoisotopic (exact) mass is 419 g/mol. The van der Waals surface area contributed by atoms with Gasteiger partial charge in [0.25, 0.3) is 5.91 Å². The number of nitrogens with zero attached hydrogens (tertiary/aromatic N) is 1. The molecule has 2 heterocycles. The van der Waals surface area contributed by atoms with Crippen molar-refractivity contribution in [1.29, 1.82) is 0 Å². The Bertz CT molecular complexity index is 1120. The van der Waals surface area contributed by atoms with Crippen molar-refractivity contribution in [1.82, 2.24) is 0 Å². The molecule has 2 aromatic carbocycles. The highest BCUT2D eigenvalue weighted by molar-refractivity contribution is 7.12. The van der Waals surface area contributed by atoms with E-state index in [0.29, 0.717) is 21.9 Å². The molecule has 3 aromatic rings. The first-order valence-electron chi connectivity index (χ1n) is 9.58. The predicted molar refractivity (Wildman–Crippen MR) is 119 cm³/mol. The Kier molecular flexibility index (Phi) is 5.37. The minimum atomic E-state index is -0.943. The molecule has 0 radical (unpaired) electrons. The van der Waals surface area contributed by atoms with Crippen molar-refractivity contribution in [3.05, 3.63) is 76.0 Å². The number of hydrogen-bond acceptors (Lipinski definition) is 4. The second-order valence-electron chi connectivity index (χ2n) is 7.23. The summed E-state index contributed by atoms with van der Waals surface area (Å²) in [5.74, 6) is -1.01. The smallest absolute Gasteiger partial charge is 0.269 e. The van der Waals surface area contributed by atoms with Crippen molar-refractivity contribution in [2.75, 3.05) is 15.5 Å². The molecule has 0 spiro atoms. The fourth-order valence-electron chi connectivity index (χ4n) is 3.45. The largest absolute Gasteiger partial charge is 0.326 e. The van der Waals surface area contributed by atoms with Crippen LogP contribution >= 0.6 is 11.3 Å². The van der Waals surface area contributed by atoms with Gasteiger partial charge in [0.05, 0.1) is 22.7 Å². The van der Waals surface area contributed by atoms with Gasteiger partial charge in [0, 0.05) is 5.69 Å². The van der Waals surface area contributed by atoms with Crippen molar-refractivity contribution in [3.8, 4) is 0 Å². The Balaban J connectivity index is 1.62. The number of benzene rings is 2. The van der Waals surface area contributed by atoms with Gasteiger partial charge in [0.1, 0.15) is 6.04 Å². The standard InChI is InChI=1S/C23H21N3O3S/c1-14-9-10-16(12-15(14)2)24-21(27)13-19-22(28)25-17-6-3-4-7-18(17)26(19)23(29)20-8-5-11-30-20/h3-12,19H,13H2,1-2H3,(H,24,27)(H,25,28). The quantitative estimate of drug-likeness (QED) is 0.659. The van der Waals surface area contributed by atoms with Crippen LogP contribution < -0.4 is 15.5 Å². The summed E-state index contributed by atoms with van der Waals surface area (Å²) in [6.07, 6.45) is -0.149. The van der Waals surface area contributed by atoms with Crippen LogP contribution in [0.1, 0.15) is 27.2 Å². The van der Waals surface area contributed by atoms with Crippen LogP contribution in [0.15, 0.2) is 60.0 Å². The van der Waals surface area contributed by atoms with Gasteiger partial charge in [-0.25, -0.2) is 0 Å². The highest BCUT2D eigenvalue weighted by Crippen LogP contribution is 2.34. The first-order chi connectivity index (χ1) is 14.4. The Morgan fingerprint density at radius 3 is 2.60 bits per heavy atom. The Morgan fingerprint density at radius 1 is 1.07 bits per heavy atom. The lowest BCUT2D eigenvalue weighted by molar-refractivity contribution is -0.122. The summed E-state index contributed by atoms with van der Waals surface area (Å²) in [7, 11) is 0. The molecular weight excluding hydrogens is 398 g/mol. The van der Waals surface area contributed by atoms with Gasteiger partial charge < -0.3 is 10.6 Å². The zero-order chi connectivity index (χ0) is 21.3. The average Bonchev–Trinajstić information content (AvgIpc) is 3.26. The molecule has 7 heteroatoms. The third kappa shape index (κ3) is 3.84. The van der Waals surface area contributed by atoms with Crippen molar-refractivity contribution in [3.63, 3.8) is 0 Å². The highest BCUT2D eigenvalue weighted by Gasteiger charge is 2.38. The van der Waals surface area contributed by atoms with Crippen LogP contribution in [0, 0.1) is 13.8 Å². The van der Waals surface area contributed by atoms with Crippen molar-refractivity contribution >= 4 is 46.1 Å². The van der Waals surface area contributed by atoms with Crippen LogP contribution in [0.5, 0.6) is 0 Å². The highest BCUT2D eigenvalue weighted by atomic mass is 32.1. The van der Waals surface area contributed by atoms with E-state index in [4.69, 9.17) is 0 Å². The second kappa shape index (κ2) is 8.12. The number of carbonyl (C=O) groups is 3. The lowest BCUT2D eigenvalue weighted by Gasteiger charge is -2.36. The van der Waals surface area contributed by atoms with Crippen LogP contribution in [-0.2, 0) is 9.59 Å². The van der Waals surface area contributed by atoms with E-state index < -0.39 is 6.04 Å². The Labute approximate surface area is 178 Å². The summed E-state index contributed by atoms with van der Waals surface area (Å²) in [5.41, 5.74) is 3.99. The van der Waals surface area contributed by atoms with Crippen LogP contribution in [0.4, 0.5) is 17.1 Å². The minimum Gasteiger partial charge on any atom is -0.326 e. The molecule has 2 N–H and O–H groups in total. The molecule has 152 valence electrons. The molecule has 30 heavy (non-hydrogen) atoms. The first kappa shape index (κ1) is 19.8. The predicted octanol–water partition coefficient (Wildman–Crippen LogP) is 4.36. The van der Waals surface area contributed by atoms with Crippen LogP contribution in [-0.4, -0.2) is 23.8 Å². The van der Waals surface area contributed by atoms with E-state index in [1.54, 1.807) is 36.4 Å². The van der Waals surface area contributed by atoms with E-state index in [9.17, 15) is 14.4 Å². The summed E-state index contributed by atoms with van der Waals surface area (Å²) in [5, 5.41) is 7.47. The molecule has 1 aliphatic heterocycles. The van der Waals surface area contributed by atoms with Gasteiger partial charge in [-0.2, -0.15) is 0 Å². The molecule has 1 unspecified atom stereocenters. The second-order valence-corrected chi connectivity index (χ2v) is 8.17. The van der Waals surface area contributed by atoms with Crippen molar-refractivity contribution < 1.29 is 14.4 Å². The first-order valence-corrected chi connectivity index (χ1v) is 10.5. The van der Waals surface area contributed by atoms with Gasteiger partial charge >= 0.3 is 0 Å². The van der Waals surface area contributed by atoms with Gasteiger partial charge in [-0.05, 0) is 60.7 Å². The molecule has 0 saturated carbocycles. The van der Waals surface area contributed by atoms with Crippen molar-refractivity contribution in [2.24, 2.45) is 0 Å². The molecule has 3 amide bonds. The molecule has 4 rings (SSSR count). The number of anilines is 3. The lowest BCUT2D eigenvalue weighted by Crippen LogP contribution is -2.52. The van der Waals surface area contributed by atoms with Gasteiger partial charge in [0.2, 0.25) is 11.8 Å². The number of fused-ring (bicyclic) bond motifs is 1. The minimum absolute atomic E-state index is 0.149. The number of aryl methyl sites for hydroxylation is 2. The fraction of sp³-hybridized carbons (Fsp3) is 0.174. The summed E-state index contributed by atoms with van der Waals surface area (Å²) >= 11 is 1.30. The molecule has 1 atom stereocenters. The number of nitrogens with one attached hydrogen (secondary N) is 2. The number of carbonyl (C=O) groups excluding carboxylic acids is 3. The number of rotatable bonds is 4. The molecule has 0 aliphatic carbocycles.